The molecule has 1 aromatic rings. The fourth-order valence-electron chi connectivity index (χ4n) is 1.52. The Morgan fingerprint density at radius 1 is 1.24 bits per heavy atom. The van der Waals surface area contributed by atoms with Crippen LogP contribution in [-0.4, -0.2) is 27.3 Å². The molecule has 0 radical (unpaired) electrons. The molecule has 5 heteroatoms. The lowest BCUT2D eigenvalue weighted by Crippen LogP contribution is -2.49. The number of rotatable bonds is 7. The molecule has 0 amide bonds. The zero-order valence-corrected chi connectivity index (χ0v) is 11.8. The van der Waals surface area contributed by atoms with Gasteiger partial charge in [0.15, 0.2) is 0 Å². The molecule has 1 aromatic carbocycles. The predicted octanol–water partition coefficient (Wildman–Crippen LogP) is 1.91. The molecule has 0 unspecified atom stereocenters. The van der Waals surface area contributed by atoms with Crippen LogP contribution in [0.5, 0.6) is 0 Å². The maximum atomic E-state index is 9.66. The summed E-state index contributed by atoms with van der Waals surface area (Å²) in [6.07, 6.45) is 1.99. The van der Waals surface area contributed by atoms with E-state index in [-0.39, 0.29) is 0 Å². The van der Waals surface area contributed by atoms with Gasteiger partial charge in [-0.05, 0) is 24.7 Å². The van der Waals surface area contributed by atoms with E-state index in [9.17, 15) is 5.02 Å². The fourth-order valence-corrected chi connectivity index (χ4v) is 3.23. The Morgan fingerprint density at radius 2 is 1.88 bits per heavy atom. The first-order valence-corrected chi connectivity index (χ1v) is 9.00. The molecular formula is C12H21BO3Si. The average Bonchev–Trinajstić information content (AvgIpc) is 2.30. The summed E-state index contributed by atoms with van der Waals surface area (Å²) in [5.41, 5.74) is 0. The van der Waals surface area contributed by atoms with Crippen molar-refractivity contribution in [2.24, 2.45) is 0 Å². The first-order valence-electron chi connectivity index (χ1n) is 6.09. The highest BCUT2D eigenvalue weighted by molar-refractivity contribution is 6.87. The Bertz CT molecular complexity index is 319. The molecule has 0 saturated carbocycles. The highest BCUT2D eigenvalue weighted by Gasteiger charge is 2.31. The van der Waals surface area contributed by atoms with E-state index in [1.54, 1.807) is 0 Å². The third-order valence-electron chi connectivity index (χ3n) is 2.62. The van der Waals surface area contributed by atoms with Gasteiger partial charge in [-0.3, -0.25) is 0 Å². The van der Waals surface area contributed by atoms with Crippen LogP contribution in [0.15, 0.2) is 30.3 Å². The lowest BCUT2D eigenvalue weighted by Gasteiger charge is -2.24. The van der Waals surface area contributed by atoms with Crippen molar-refractivity contribution in [3.8, 4) is 0 Å². The van der Waals surface area contributed by atoms with Crippen LogP contribution in [0.4, 0.5) is 0 Å². The van der Waals surface area contributed by atoms with E-state index >= 15 is 0 Å². The van der Waals surface area contributed by atoms with Crippen molar-refractivity contribution < 1.29 is 14.0 Å². The molecule has 1 rings (SSSR count). The van der Waals surface area contributed by atoms with Crippen LogP contribution in [0.25, 0.3) is 0 Å². The van der Waals surface area contributed by atoms with Crippen molar-refractivity contribution in [3.63, 3.8) is 0 Å². The van der Waals surface area contributed by atoms with Gasteiger partial charge >= 0.3 is 7.32 Å². The van der Waals surface area contributed by atoms with Crippen LogP contribution >= 0.6 is 0 Å². The Hall–Kier alpha value is -0.618. The fraction of sp³-hybridized carbons (Fsp3) is 0.500. The SMILES string of the molecule is CCCCOB(O)O[Si](C)(C)c1ccccc1. The van der Waals surface area contributed by atoms with E-state index in [1.165, 1.54) is 0 Å². The van der Waals surface area contributed by atoms with Gasteiger partial charge in [-0.25, -0.2) is 0 Å². The quantitative estimate of drug-likeness (QED) is 0.595. The van der Waals surface area contributed by atoms with Gasteiger partial charge < -0.3 is 14.0 Å². The second kappa shape index (κ2) is 6.96. The predicted molar refractivity (Wildman–Crippen MR) is 73.5 cm³/mol. The van der Waals surface area contributed by atoms with Crippen molar-refractivity contribution in [1.82, 2.24) is 0 Å². The summed E-state index contributed by atoms with van der Waals surface area (Å²) in [6.45, 7) is 6.72. The minimum absolute atomic E-state index is 0.539. The van der Waals surface area contributed by atoms with E-state index in [0.29, 0.717) is 6.61 Å². The molecule has 0 aromatic heterocycles. The summed E-state index contributed by atoms with van der Waals surface area (Å²) in [4.78, 5) is 0. The standard InChI is InChI=1S/C12H21BO3Si/c1-4-5-11-15-13(14)16-17(2,3)12-9-7-6-8-10-12/h6-10,14H,4-5,11H2,1-3H3. The molecule has 94 valence electrons. The topological polar surface area (TPSA) is 38.7 Å². The molecule has 17 heavy (non-hydrogen) atoms. The van der Waals surface area contributed by atoms with Crippen molar-refractivity contribution in [3.05, 3.63) is 30.3 Å². The van der Waals surface area contributed by atoms with E-state index in [1.807, 2.05) is 30.3 Å². The van der Waals surface area contributed by atoms with Gasteiger partial charge in [0.25, 0.3) is 0 Å². The maximum absolute atomic E-state index is 9.66. The minimum atomic E-state index is -2.08. The molecule has 0 atom stereocenters. The summed E-state index contributed by atoms with van der Waals surface area (Å²) in [5, 5.41) is 10.8. The Balaban J connectivity index is 2.49. The monoisotopic (exact) mass is 252 g/mol. The molecule has 0 fully saturated rings. The Labute approximate surface area is 105 Å². The zero-order valence-electron chi connectivity index (χ0n) is 10.8. The number of hydrogen-bond acceptors (Lipinski definition) is 3. The molecule has 3 nitrogen and oxygen atoms in total. The normalized spacial score (nSPS) is 11.5. The van der Waals surface area contributed by atoms with Gasteiger partial charge in [0, 0.05) is 6.61 Å². The van der Waals surface area contributed by atoms with Gasteiger partial charge in [-0.1, -0.05) is 43.7 Å². The summed E-state index contributed by atoms with van der Waals surface area (Å²) in [7, 11) is -3.19. The van der Waals surface area contributed by atoms with E-state index < -0.39 is 15.6 Å². The van der Waals surface area contributed by atoms with Gasteiger partial charge in [0.2, 0.25) is 8.32 Å². The van der Waals surface area contributed by atoms with Crippen molar-refractivity contribution in [2.75, 3.05) is 6.61 Å². The van der Waals surface area contributed by atoms with Crippen LogP contribution < -0.4 is 5.19 Å². The molecule has 0 heterocycles. The first kappa shape index (κ1) is 14.4. The van der Waals surface area contributed by atoms with Gasteiger partial charge in [-0.2, -0.15) is 0 Å². The smallest absolute Gasteiger partial charge is 0.424 e. The van der Waals surface area contributed by atoms with Gasteiger partial charge in [0.05, 0.1) is 0 Å². The third-order valence-corrected chi connectivity index (χ3v) is 5.14. The molecule has 0 aliphatic heterocycles. The van der Waals surface area contributed by atoms with E-state index in [0.717, 1.165) is 18.0 Å². The van der Waals surface area contributed by atoms with E-state index in [2.05, 4.69) is 20.0 Å². The first-order chi connectivity index (χ1) is 8.06. The number of hydrogen-bond donors (Lipinski definition) is 1. The molecular weight excluding hydrogens is 231 g/mol. The minimum Gasteiger partial charge on any atom is -0.424 e. The van der Waals surface area contributed by atoms with Crippen LogP contribution in [0.2, 0.25) is 13.1 Å². The second-order valence-electron chi connectivity index (χ2n) is 4.53. The molecule has 1 N–H and O–H groups in total. The van der Waals surface area contributed by atoms with Crippen molar-refractivity contribution in [1.29, 1.82) is 0 Å². The van der Waals surface area contributed by atoms with E-state index in [4.69, 9.17) is 9.00 Å². The summed E-state index contributed by atoms with van der Waals surface area (Å²) in [5.74, 6) is 0. The third kappa shape index (κ3) is 5.04. The Morgan fingerprint density at radius 3 is 2.47 bits per heavy atom. The van der Waals surface area contributed by atoms with Gasteiger partial charge in [0.1, 0.15) is 0 Å². The largest absolute Gasteiger partial charge is 0.625 e. The zero-order chi connectivity index (χ0) is 12.7. The van der Waals surface area contributed by atoms with Crippen LogP contribution in [-0.2, 0) is 9.00 Å². The molecule has 0 aliphatic rings. The number of unbranched alkanes of at least 4 members (excludes halogenated alkanes) is 1. The summed E-state index contributed by atoms with van der Waals surface area (Å²) >= 11 is 0. The summed E-state index contributed by atoms with van der Waals surface area (Å²) in [6, 6.07) is 10.0. The van der Waals surface area contributed by atoms with Crippen LogP contribution in [0.1, 0.15) is 19.8 Å². The highest BCUT2D eigenvalue weighted by Crippen LogP contribution is 2.07. The lowest BCUT2D eigenvalue weighted by molar-refractivity contribution is 0.189. The Kier molecular flexibility index (Phi) is 5.91. The molecule has 0 bridgehead atoms. The summed E-state index contributed by atoms with van der Waals surface area (Å²) < 4.78 is 10.9. The average molecular weight is 252 g/mol. The van der Waals surface area contributed by atoms with Crippen LogP contribution in [0, 0.1) is 0 Å². The van der Waals surface area contributed by atoms with Crippen LogP contribution in [0.3, 0.4) is 0 Å². The molecule has 0 aliphatic carbocycles. The van der Waals surface area contributed by atoms with Gasteiger partial charge in [-0.15, -0.1) is 0 Å². The second-order valence-corrected chi connectivity index (χ2v) is 8.36. The molecule has 0 saturated heterocycles. The maximum Gasteiger partial charge on any atom is 0.625 e. The number of benzene rings is 1. The van der Waals surface area contributed by atoms with Crippen molar-refractivity contribution >= 4 is 20.8 Å². The molecule has 0 spiro atoms. The van der Waals surface area contributed by atoms with Crippen molar-refractivity contribution in [2.45, 2.75) is 32.9 Å². The highest BCUT2D eigenvalue weighted by atomic mass is 28.4. The lowest BCUT2D eigenvalue weighted by atomic mass is 10.2.